The largest absolute Gasteiger partial charge is 0.497 e. The van der Waals surface area contributed by atoms with Crippen LogP contribution in [0.4, 0.5) is 5.13 Å². The molecule has 3 aromatic rings. The third-order valence-electron chi connectivity index (χ3n) is 3.53. The summed E-state index contributed by atoms with van der Waals surface area (Å²) in [7, 11) is 1.59. The average Bonchev–Trinajstić information content (AvgIpc) is 3.40. The number of amides is 2. The zero-order chi connectivity index (χ0) is 19.8. The molecular formula is C20H17N3O4S. The van der Waals surface area contributed by atoms with Crippen molar-refractivity contribution in [3.63, 3.8) is 0 Å². The van der Waals surface area contributed by atoms with Crippen LogP contribution in [0.2, 0.25) is 0 Å². The van der Waals surface area contributed by atoms with Gasteiger partial charge in [-0.25, -0.2) is 4.98 Å². The summed E-state index contributed by atoms with van der Waals surface area (Å²) in [6, 6.07) is 10.6. The molecule has 0 fully saturated rings. The number of furan rings is 1. The molecule has 2 amide bonds. The van der Waals surface area contributed by atoms with Crippen molar-refractivity contribution in [2.45, 2.75) is 0 Å². The Morgan fingerprint density at radius 3 is 2.68 bits per heavy atom. The minimum Gasteiger partial charge on any atom is -0.497 e. The molecule has 0 radical (unpaired) electrons. The molecule has 8 heteroatoms. The van der Waals surface area contributed by atoms with Crippen molar-refractivity contribution in [2.75, 3.05) is 12.4 Å². The maximum absolute atomic E-state index is 12.5. The van der Waals surface area contributed by atoms with Crippen LogP contribution in [0.1, 0.15) is 11.3 Å². The van der Waals surface area contributed by atoms with Gasteiger partial charge in [-0.3, -0.25) is 14.9 Å². The van der Waals surface area contributed by atoms with Crippen LogP contribution in [0, 0.1) is 0 Å². The highest BCUT2D eigenvalue weighted by Crippen LogP contribution is 2.14. The maximum Gasteiger partial charge on any atom is 0.274 e. The Kier molecular flexibility index (Phi) is 6.37. The van der Waals surface area contributed by atoms with Crippen molar-refractivity contribution in [3.8, 4) is 5.75 Å². The SMILES string of the molecule is COc1ccc(/C=C/C(=O)N/C(=C\c2ccco2)C(=O)Nc2nccs2)cc1. The number of benzene rings is 1. The van der Waals surface area contributed by atoms with E-state index in [1.807, 2.05) is 12.1 Å². The lowest BCUT2D eigenvalue weighted by Gasteiger charge is -2.07. The lowest BCUT2D eigenvalue weighted by Crippen LogP contribution is -2.29. The van der Waals surface area contributed by atoms with Gasteiger partial charge in [0.05, 0.1) is 13.4 Å². The maximum atomic E-state index is 12.5. The van der Waals surface area contributed by atoms with Gasteiger partial charge in [0.2, 0.25) is 5.91 Å². The summed E-state index contributed by atoms with van der Waals surface area (Å²) in [6.45, 7) is 0. The van der Waals surface area contributed by atoms with Crippen LogP contribution >= 0.6 is 11.3 Å². The molecule has 0 aliphatic carbocycles. The molecule has 2 N–H and O–H groups in total. The number of rotatable bonds is 7. The number of thiazole rings is 1. The standard InChI is InChI=1S/C20H17N3O4S/c1-26-15-7-4-14(5-8-15)6-9-18(24)22-17(13-16-3-2-11-27-16)19(25)23-20-21-10-12-28-20/h2-13H,1H3,(H,22,24)(H,21,23,25)/b9-6+,17-13-. The fraction of sp³-hybridized carbons (Fsp3) is 0.0500. The Labute approximate surface area is 165 Å². The van der Waals surface area contributed by atoms with Crippen molar-refractivity contribution in [3.05, 3.63) is 77.3 Å². The van der Waals surface area contributed by atoms with E-state index >= 15 is 0 Å². The Morgan fingerprint density at radius 1 is 1.21 bits per heavy atom. The van der Waals surface area contributed by atoms with Crippen LogP contribution in [0.3, 0.4) is 0 Å². The summed E-state index contributed by atoms with van der Waals surface area (Å²) in [6.07, 6.45) is 7.48. The van der Waals surface area contributed by atoms with Crippen molar-refractivity contribution in [1.29, 1.82) is 0 Å². The van der Waals surface area contributed by atoms with E-state index in [0.717, 1.165) is 11.3 Å². The van der Waals surface area contributed by atoms with Crippen LogP contribution in [0.15, 0.2) is 70.4 Å². The van der Waals surface area contributed by atoms with E-state index in [0.29, 0.717) is 10.9 Å². The summed E-state index contributed by atoms with van der Waals surface area (Å²) in [5.74, 6) is 0.202. The van der Waals surface area contributed by atoms with Gasteiger partial charge >= 0.3 is 0 Å². The van der Waals surface area contributed by atoms with Gasteiger partial charge in [-0.05, 0) is 35.9 Å². The molecular weight excluding hydrogens is 378 g/mol. The molecule has 2 heterocycles. The molecule has 0 unspecified atom stereocenters. The molecule has 0 aliphatic heterocycles. The number of carbonyl (C=O) groups is 2. The van der Waals surface area contributed by atoms with Gasteiger partial charge in [0.15, 0.2) is 5.13 Å². The Morgan fingerprint density at radius 2 is 2.04 bits per heavy atom. The second kappa shape index (κ2) is 9.33. The van der Waals surface area contributed by atoms with E-state index in [9.17, 15) is 9.59 Å². The van der Waals surface area contributed by atoms with Crippen LogP contribution in [0.25, 0.3) is 12.2 Å². The molecule has 0 saturated carbocycles. The molecule has 7 nitrogen and oxygen atoms in total. The van der Waals surface area contributed by atoms with Gasteiger partial charge in [-0.15, -0.1) is 11.3 Å². The number of hydrogen-bond donors (Lipinski definition) is 2. The molecule has 0 aliphatic rings. The predicted octanol–water partition coefficient (Wildman–Crippen LogP) is 3.55. The molecule has 0 bridgehead atoms. The second-order valence-corrected chi connectivity index (χ2v) is 6.36. The van der Waals surface area contributed by atoms with Gasteiger partial charge in [-0.1, -0.05) is 12.1 Å². The zero-order valence-corrected chi connectivity index (χ0v) is 15.7. The van der Waals surface area contributed by atoms with Crippen molar-refractivity contribution >= 4 is 40.4 Å². The first-order valence-electron chi connectivity index (χ1n) is 8.23. The summed E-state index contributed by atoms with van der Waals surface area (Å²) in [5, 5.41) is 7.37. The first kappa shape index (κ1) is 19.1. The van der Waals surface area contributed by atoms with Crippen LogP contribution in [0.5, 0.6) is 5.75 Å². The van der Waals surface area contributed by atoms with Crippen LogP contribution < -0.4 is 15.4 Å². The van der Waals surface area contributed by atoms with Gasteiger partial charge in [0.1, 0.15) is 17.2 Å². The summed E-state index contributed by atoms with van der Waals surface area (Å²) in [4.78, 5) is 28.8. The minimum absolute atomic E-state index is 0.0366. The fourth-order valence-electron chi connectivity index (χ4n) is 2.19. The van der Waals surface area contributed by atoms with Gasteiger partial charge < -0.3 is 14.5 Å². The van der Waals surface area contributed by atoms with E-state index in [1.165, 1.54) is 29.8 Å². The first-order chi connectivity index (χ1) is 13.6. The predicted molar refractivity (Wildman–Crippen MR) is 108 cm³/mol. The van der Waals surface area contributed by atoms with Gasteiger partial charge in [-0.2, -0.15) is 0 Å². The van der Waals surface area contributed by atoms with Gasteiger partial charge in [0.25, 0.3) is 5.91 Å². The highest BCUT2D eigenvalue weighted by atomic mass is 32.1. The monoisotopic (exact) mass is 395 g/mol. The number of aromatic nitrogens is 1. The Bertz CT molecular complexity index is 975. The molecule has 3 rings (SSSR count). The van der Waals surface area contributed by atoms with Gasteiger partial charge in [0, 0.05) is 23.7 Å². The quantitative estimate of drug-likeness (QED) is 0.597. The molecule has 28 heavy (non-hydrogen) atoms. The number of carbonyl (C=O) groups excluding carboxylic acids is 2. The summed E-state index contributed by atoms with van der Waals surface area (Å²) < 4.78 is 10.3. The van der Waals surface area contributed by atoms with Crippen LogP contribution in [-0.2, 0) is 9.59 Å². The number of nitrogens with one attached hydrogen (secondary N) is 2. The van der Waals surface area contributed by atoms with E-state index in [1.54, 1.807) is 49.0 Å². The number of methoxy groups -OCH3 is 1. The van der Waals surface area contributed by atoms with Crippen molar-refractivity contribution in [2.24, 2.45) is 0 Å². The molecule has 1 aromatic carbocycles. The highest BCUT2D eigenvalue weighted by Gasteiger charge is 2.14. The number of nitrogens with zero attached hydrogens (tertiary/aromatic N) is 1. The smallest absolute Gasteiger partial charge is 0.274 e. The summed E-state index contributed by atoms with van der Waals surface area (Å²) >= 11 is 1.28. The molecule has 0 spiro atoms. The molecule has 0 saturated heterocycles. The number of anilines is 1. The first-order valence-corrected chi connectivity index (χ1v) is 9.11. The summed E-state index contributed by atoms with van der Waals surface area (Å²) in [5.41, 5.74) is 0.856. The molecule has 0 atom stereocenters. The lowest BCUT2D eigenvalue weighted by molar-refractivity contribution is -0.118. The second-order valence-electron chi connectivity index (χ2n) is 5.46. The highest BCUT2D eigenvalue weighted by molar-refractivity contribution is 7.13. The minimum atomic E-state index is -0.502. The van der Waals surface area contributed by atoms with Crippen molar-refractivity contribution < 1.29 is 18.7 Å². The van der Waals surface area contributed by atoms with Crippen LogP contribution in [-0.4, -0.2) is 23.9 Å². The molecule has 2 aromatic heterocycles. The lowest BCUT2D eigenvalue weighted by atomic mass is 10.2. The zero-order valence-electron chi connectivity index (χ0n) is 14.9. The Balaban J connectivity index is 1.71. The van der Waals surface area contributed by atoms with E-state index < -0.39 is 11.8 Å². The number of hydrogen-bond acceptors (Lipinski definition) is 6. The van der Waals surface area contributed by atoms with E-state index in [4.69, 9.17) is 9.15 Å². The topological polar surface area (TPSA) is 93.5 Å². The third kappa shape index (κ3) is 5.42. The fourth-order valence-corrected chi connectivity index (χ4v) is 2.71. The average molecular weight is 395 g/mol. The normalized spacial score (nSPS) is 11.4. The Hall–Kier alpha value is -3.65. The third-order valence-corrected chi connectivity index (χ3v) is 4.22. The molecule has 142 valence electrons. The number of ether oxygens (including phenoxy) is 1. The van der Waals surface area contributed by atoms with Crippen molar-refractivity contribution in [1.82, 2.24) is 10.3 Å². The van der Waals surface area contributed by atoms with E-state index in [2.05, 4.69) is 15.6 Å². The van der Waals surface area contributed by atoms with E-state index in [-0.39, 0.29) is 5.70 Å².